The van der Waals surface area contributed by atoms with E-state index in [0.717, 1.165) is 5.56 Å². The van der Waals surface area contributed by atoms with Gasteiger partial charge in [0.05, 0.1) is 0 Å². The highest BCUT2D eigenvalue weighted by Crippen LogP contribution is 2.34. The number of aryl methyl sites for hydroxylation is 6. The van der Waals surface area contributed by atoms with Crippen molar-refractivity contribution in [3.05, 3.63) is 101 Å². The molecule has 0 aliphatic carbocycles. The molecule has 0 amide bonds. The summed E-state index contributed by atoms with van der Waals surface area (Å²) in [5, 5.41) is 0. The van der Waals surface area contributed by atoms with Crippen LogP contribution in [0.2, 0.25) is 0 Å². The third-order valence-corrected chi connectivity index (χ3v) is 5.36. The van der Waals surface area contributed by atoms with Crippen molar-refractivity contribution >= 4 is 0 Å². The van der Waals surface area contributed by atoms with Crippen LogP contribution in [0.4, 0.5) is 0 Å². The van der Waals surface area contributed by atoms with E-state index in [0.29, 0.717) is 22.4 Å². The Morgan fingerprint density at radius 2 is 1.33 bits per heavy atom. The number of rotatable bonds is 3. The number of pyridine rings is 1. The normalized spacial score (nSPS) is 18.6. The monoisotopic (exact) mass is 404 g/mol. The predicted octanol–water partition coefficient (Wildman–Crippen LogP) is 7.05. The zero-order valence-corrected chi connectivity index (χ0v) is 16.9. The van der Waals surface area contributed by atoms with Gasteiger partial charge in [-0.1, -0.05) is 54.6 Å². The lowest BCUT2D eigenvalue weighted by atomic mass is 9.90. The second-order valence-electron chi connectivity index (χ2n) is 7.40. The smallest absolute Gasteiger partial charge is 0.201 e. The highest BCUT2D eigenvalue weighted by molar-refractivity contribution is 5.79. The highest BCUT2D eigenvalue weighted by atomic mass is 14.9. The molecule has 150 valence electrons. The molecule has 4 rings (SSSR count). The van der Waals surface area contributed by atoms with Crippen LogP contribution in [0.1, 0.15) is 44.3 Å². The van der Waals surface area contributed by atoms with Gasteiger partial charge in [-0.05, 0) is 84.9 Å². The van der Waals surface area contributed by atoms with Crippen molar-refractivity contribution in [2.75, 3.05) is 0 Å². The maximum Gasteiger partial charge on any atom is 0.213 e. The zero-order valence-electron chi connectivity index (χ0n) is 28.9. The van der Waals surface area contributed by atoms with E-state index < -0.39 is 27.4 Å². The third kappa shape index (κ3) is 3.57. The minimum atomic E-state index is -2.73. The van der Waals surface area contributed by atoms with Gasteiger partial charge in [0.15, 0.2) is 6.20 Å². The number of nitrogens with zero attached hydrogens (tertiary/aromatic N) is 1. The summed E-state index contributed by atoms with van der Waals surface area (Å²) in [5.74, 6) is 0. The Morgan fingerprint density at radius 3 is 2.07 bits per heavy atom. The van der Waals surface area contributed by atoms with Gasteiger partial charge in [0.1, 0.15) is 7.05 Å². The van der Waals surface area contributed by atoms with Gasteiger partial charge in [0.2, 0.25) is 5.69 Å². The Labute approximate surface area is 197 Å². The topological polar surface area (TPSA) is 3.88 Å². The molecule has 1 heterocycles. The maximum atomic E-state index is 8.24. The fourth-order valence-electron chi connectivity index (χ4n) is 3.77. The van der Waals surface area contributed by atoms with Crippen molar-refractivity contribution in [1.29, 1.82) is 0 Å². The average Bonchev–Trinajstić information content (AvgIpc) is 2.86. The molecule has 0 aliphatic rings. The molecule has 0 saturated heterocycles. The van der Waals surface area contributed by atoms with Crippen molar-refractivity contribution in [2.45, 2.75) is 34.3 Å². The molecule has 1 aromatic heterocycles. The van der Waals surface area contributed by atoms with Gasteiger partial charge < -0.3 is 0 Å². The molecule has 1 nitrogen and oxygen atoms in total. The fourth-order valence-corrected chi connectivity index (χ4v) is 3.77. The molecular weight excluding hydrogens is 362 g/mol. The first kappa shape index (κ1) is 10.2. The Hall–Kier alpha value is -3.19. The lowest BCUT2D eigenvalue weighted by Gasteiger charge is -2.15. The minimum Gasteiger partial charge on any atom is -0.201 e. The van der Waals surface area contributed by atoms with Crippen LogP contribution >= 0.6 is 0 Å². The molecule has 0 aliphatic heterocycles. The SMILES string of the molecule is [2H]C([2H])([2H])c1ccccc1-c1ccc(C)c(-c2cc(-c3c(C([2H])([2H])[2H])cccc3C([2H])([2H])[2H])c(C([2H])([2H])[2H])c[n+]2C)c1. The zero-order chi connectivity index (χ0) is 31.4. The molecule has 0 bridgehead atoms. The van der Waals surface area contributed by atoms with E-state index in [4.69, 9.17) is 16.4 Å². The van der Waals surface area contributed by atoms with Crippen LogP contribution < -0.4 is 4.57 Å². The molecule has 0 saturated carbocycles. The quantitative estimate of drug-likeness (QED) is 0.322. The Bertz CT molecular complexity index is 1610. The standard InChI is InChI=1S/C29H30N/c1-19-10-7-8-13-25(19)24-15-14-20(2)26(16-24)28-17-27(23(5)18-30(28)6)29-21(3)11-9-12-22(29)4/h7-18H,1-6H3/q+1/i1D3,3D3,4D3,5D3. The van der Waals surface area contributed by atoms with Crippen LogP contribution in [0, 0.1) is 34.3 Å². The molecule has 0 fully saturated rings. The predicted molar refractivity (Wildman–Crippen MR) is 128 cm³/mol. The van der Waals surface area contributed by atoms with Crippen LogP contribution in [0.15, 0.2) is 72.9 Å². The Kier molecular flexibility index (Phi) is 2.69. The minimum absolute atomic E-state index is 0.0198. The van der Waals surface area contributed by atoms with Crippen LogP contribution in [-0.4, -0.2) is 0 Å². The molecule has 1 heteroatoms. The number of hydrogen-bond acceptors (Lipinski definition) is 0. The van der Waals surface area contributed by atoms with Crippen molar-refractivity contribution in [2.24, 2.45) is 7.05 Å². The van der Waals surface area contributed by atoms with Crippen molar-refractivity contribution in [3.8, 4) is 33.5 Å². The maximum absolute atomic E-state index is 8.24. The third-order valence-electron chi connectivity index (χ3n) is 5.36. The van der Waals surface area contributed by atoms with Gasteiger partial charge in [-0.2, -0.15) is 0 Å². The summed E-state index contributed by atoms with van der Waals surface area (Å²) >= 11 is 0. The molecule has 0 unspecified atom stereocenters. The second-order valence-corrected chi connectivity index (χ2v) is 7.40. The van der Waals surface area contributed by atoms with Gasteiger partial charge >= 0.3 is 0 Å². The van der Waals surface area contributed by atoms with E-state index in [-0.39, 0.29) is 33.4 Å². The molecule has 0 radical (unpaired) electrons. The first-order chi connectivity index (χ1) is 19.2. The summed E-state index contributed by atoms with van der Waals surface area (Å²) in [4.78, 5) is 0. The molecule has 3 aromatic carbocycles. The second kappa shape index (κ2) is 7.91. The average molecular weight is 405 g/mol. The first-order valence-corrected chi connectivity index (χ1v) is 9.60. The first-order valence-electron chi connectivity index (χ1n) is 15.6. The molecule has 30 heavy (non-hydrogen) atoms. The van der Waals surface area contributed by atoms with E-state index in [2.05, 4.69) is 0 Å². The molecule has 0 spiro atoms. The van der Waals surface area contributed by atoms with E-state index in [1.54, 1.807) is 48.0 Å². The summed E-state index contributed by atoms with van der Waals surface area (Å²) in [6, 6.07) is 17.6. The summed E-state index contributed by atoms with van der Waals surface area (Å²) in [5.41, 5.74) is 2.31. The van der Waals surface area contributed by atoms with Crippen molar-refractivity contribution in [3.63, 3.8) is 0 Å². The van der Waals surface area contributed by atoms with Crippen LogP contribution in [0.25, 0.3) is 33.5 Å². The highest BCUT2D eigenvalue weighted by Gasteiger charge is 2.19. The fraction of sp³-hybridized carbons (Fsp3) is 0.207. The molecular formula is C29H30N+. The summed E-state index contributed by atoms with van der Waals surface area (Å²) < 4.78 is 99.1. The number of aromatic nitrogens is 1. The van der Waals surface area contributed by atoms with Crippen LogP contribution in [-0.2, 0) is 7.05 Å². The number of benzene rings is 3. The van der Waals surface area contributed by atoms with Gasteiger partial charge in [-0.3, -0.25) is 0 Å². The van der Waals surface area contributed by atoms with Crippen molar-refractivity contribution < 1.29 is 21.0 Å². The largest absolute Gasteiger partial charge is 0.213 e. The van der Waals surface area contributed by atoms with Crippen LogP contribution in [0.5, 0.6) is 0 Å². The molecule has 0 atom stereocenters. The molecule has 0 N–H and O–H groups in total. The Morgan fingerprint density at radius 1 is 0.633 bits per heavy atom. The van der Waals surface area contributed by atoms with Gasteiger partial charge in [0.25, 0.3) is 0 Å². The molecule has 4 aromatic rings. The van der Waals surface area contributed by atoms with Crippen molar-refractivity contribution in [1.82, 2.24) is 0 Å². The van der Waals surface area contributed by atoms with E-state index in [9.17, 15) is 0 Å². The van der Waals surface area contributed by atoms with Gasteiger partial charge in [0, 0.05) is 33.6 Å². The summed E-state index contributed by atoms with van der Waals surface area (Å²) in [7, 11) is 1.65. The summed E-state index contributed by atoms with van der Waals surface area (Å²) in [6.45, 7) is -8.66. The Balaban J connectivity index is 2.10. The lowest BCUT2D eigenvalue weighted by molar-refractivity contribution is -0.660. The summed E-state index contributed by atoms with van der Waals surface area (Å²) in [6.07, 6.45) is 1.37. The number of hydrogen-bond donors (Lipinski definition) is 0. The van der Waals surface area contributed by atoms with E-state index in [1.807, 2.05) is 13.0 Å². The van der Waals surface area contributed by atoms with E-state index in [1.165, 1.54) is 30.5 Å². The van der Waals surface area contributed by atoms with Crippen LogP contribution in [0.3, 0.4) is 0 Å². The van der Waals surface area contributed by atoms with E-state index >= 15 is 0 Å². The van der Waals surface area contributed by atoms with Gasteiger partial charge in [-0.15, -0.1) is 0 Å². The van der Waals surface area contributed by atoms with Gasteiger partial charge in [-0.25, -0.2) is 4.57 Å². The lowest BCUT2D eigenvalue weighted by Crippen LogP contribution is -2.31.